The van der Waals surface area contributed by atoms with E-state index in [0.29, 0.717) is 0 Å². The fourth-order valence-corrected chi connectivity index (χ4v) is 3.22. The molecule has 0 amide bonds. The number of allylic oxidation sites excluding steroid dienone is 1. The van der Waals surface area contributed by atoms with Crippen molar-refractivity contribution in [2.75, 3.05) is 6.61 Å². The number of ether oxygens (including phenoxy) is 1. The lowest BCUT2D eigenvalue weighted by atomic mass is 10.1. The molecule has 1 N–H and O–H groups in total. The predicted octanol–water partition coefficient (Wildman–Crippen LogP) is 7.25. The summed E-state index contributed by atoms with van der Waals surface area (Å²) in [7, 11) is 0. The topological polar surface area (TPSA) is 46.5 Å². The second kappa shape index (κ2) is 15.3. The van der Waals surface area contributed by atoms with Crippen molar-refractivity contribution < 1.29 is 14.6 Å². The lowest BCUT2D eigenvalue weighted by molar-refractivity contribution is -0.131. The molecule has 0 radical (unpaired) electrons. The Kier molecular flexibility index (Phi) is 13.2. The highest BCUT2D eigenvalue weighted by Gasteiger charge is 2.00. The van der Waals surface area contributed by atoms with E-state index in [0.717, 1.165) is 29.9 Å². The minimum atomic E-state index is -0.917. The minimum Gasteiger partial charge on any atom is -0.494 e. The van der Waals surface area contributed by atoms with Crippen LogP contribution >= 0.6 is 0 Å². The fourth-order valence-electron chi connectivity index (χ4n) is 3.22. The average Bonchev–Trinajstić information content (AvgIpc) is 2.65. The normalized spacial score (nSPS) is 11.6. The average molecular weight is 375 g/mol. The summed E-state index contributed by atoms with van der Waals surface area (Å²) in [5.74, 6) is -0.0650. The fraction of sp³-hybridized carbons (Fsp3) is 0.625. The Bertz CT molecular complexity index is 531. The second-order valence-corrected chi connectivity index (χ2v) is 7.43. The monoisotopic (exact) mass is 374 g/mol. The van der Waals surface area contributed by atoms with Crippen LogP contribution in [0.15, 0.2) is 30.3 Å². The summed E-state index contributed by atoms with van der Waals surface area (Å²) in [4.78, 5) is 10.7. The zero-order valence-corrected chi connectivity index (χ0v) is 17.3. The summed E-state index contributed by atoms with van der Waals surface area (Å²) in [5.41, 5.74) is 1.66. The molecule has 0 aliphatic heterocycles. The third-order valence-electron chi connectivity index (χ3n) is 4.92. The molecule has 1 aromatic rings. The number of aliphatic carboxylic acids is 1. The molecule has 1 rings (SSSR count). The van der Waals surface area contributed by atoms with Gasteiger partial charge in [-0.1, -0.05) is 89.7 Å². The highest BCUT2D eigenvalue weighted by atomic mass is 16.5. The third kappa shape index (κ3) is 12.3. The van der Waals surface area contributed by atoms with Gasteiger partial charge in [0.15, 0.2) is 0 Å². The van der Waals surface area contributed by atoms with Gasteiger partial charge in [-0.05, 0) is 36.6 Å². The van der Waals surface area contributed by atoms with Crippen molar-refractivity contribution in [3.63, 3.8) is 0 Å². The molecule has 0 unspecified atom stereocenters. The molecule has 1 aromatic carbocycles. The van der Waals surface area contributed by atoms with Crippen LogP contribution in [-0.2, 0) is 4.79 Å². The van der Waals surface area contributed by atoms with E-state index in [4.69, 9.17) is 9.84 Å². The lowest BCUT2D eigenvalue weighted by Crippen LogP contribution is -1.97. The van der Waals surface area contributed by atoms with E-state index < -0.39 is 5.97 Å². The maximum atomic E-state index is 10.7. The Morgan fingerprint density at radius 3 is 1.81 bits per heavy atom. The number of carbonyl (C=O) groups is 1. The SMILES string of the molecule is CCCCCCCCCCCCCCOc1ccc(C(C)=CC(=O)O)cc1. The number of carboxylic acids is 1. The molecule has 0 saturated carbocycles. The summed E-state index contributed by atoms with van der Waals surface area (Å²) in [6.45, 7) is 4.82. The van der Waals surface area contributed by atoms with Gasteiger partial charge < -0.3 is 9.84 Å². The van der Waals surface area contributed by atoms with E-state index in [1.165, 1.54) is 76.7 Å². The third-order valence-corrected chi connectivity index (χ3v) is 4.92. The van der Waals surface area contributed by atoms with Crippen molar-refractivity contribution in [3.05, 3.63) is 35.9 Å². The van der Waals surface area contributed by atoms with Crippen LogP contribution in [0.4, 0.5) is 0 Å². The molecular formula is C24H38O3. The van der Waals surface area contributed by atoms with Gasteiger partial charge in [0.25, 0.3) is 0 Å². The maximum Gasteiger partial charge on any atom is 0.328 e. The molecule has 152 valence electrons. The highest BCUT2D eigenvalue weighted by molar-refractivity contribution is 5.89. The Labute approximate surface area is 165 Å². The molecule has 0 spiro atoms. The summed E-state index contributed by atoms with van der Waals surface area (Å²) in [5, 5.41) is 8.79. The number of benzene rings is 1. The van der Waals surface area contributed by atoms with E-state index in [1.807, 2.05) is 24.3 Å². The van der Waals surface area contributed by atoms with E-state index in [9.17, 15) is 4.79 Å². The number of hydrogen-bond acceptors (Lipinski definition) is 2. The van der Waals surface area contributed by atoms with Gasteiger partial charge in [0, 0.05) is 6.08 Å². The van der Waals surface area contributed by atoms with Crippen LogP contribution in [0.2, 0.25) is 0 Å². The molecule has 0 aromatic heterocycles. The molecule has 0 heterocycles. The van der Waals surface area contributed by atoms with E-state index >= 15 is 0 Å². The van der Waals surface area contributed by atoms with Crippen molar-refractivity contribution in [1.82, 2.24) is 0 Å². The molecule has 0 saturated heterocycles. The van der Waals surface area contributed by atoms with Gasteiger partial charge in [0.05, 0.1) is 6.61 Å². The van der Waals surface area contributed by atoms with Crippen LogP contribution < -0.4 is 4.74 Å². The van der Waals surface area contributed by atoms with Crippen molar-refractivity contribution in [1.29, 1.82) is 0 Å². The zero-order valence-electron chi connectivity index (χ0n) is 17.3. The molecule has 27 heavy (non-hydrogen) atoms. The van der Waals surface area contributed by atoms with Crippen molar-refractivity contribution in [3.8, 4) is 5.75 Å². The van der Waals surface area contributed by atoms with Gasteiger partial charge >= 0.3 is 5.97 Å². The molecule has 3 heteroatoms. The Morgan fingerprint density at radius 2 is 1.33 bits per heavy atom. The van der Waals surface area contributed by atoms with Gasteiger partial charge in [-0.15, -0.1) is 0 Å². The quantitative estimate of drug-likeness (QED) is 0.245. The van der Waals surface area contributed by atoms with Crippen molar-refractivity contribution >= 4 is 11.5 Å². The molecule has 0 aliphatic rings. The van der Waals surface area contributed by atoms with Crippen molar-refractivity contribution in [2.45, 2.75) is 90.9 Å². The highest BCUT2D eigenvalue weighted by Crippen LogP contribution is 2.19. The Morgan fingerprint density at radius 1 is 0.852 bits per heavy atom. The Balaban J connectivity index is 2.00. The first-order valence-electron chi connectivity index (χ1n) is 10.8. The van der Waals surface area contributed by atoms with E-state index in [2.05, 4.69) is 6.92 Å². The number of carboxylic acid groups (broad SMARTS) is 1. The summed E-state index contributed by atoms with van der Waals surface area (Å²) in [6.07, 6.45) is 17.3. The first-order valence-corrected chi connectivity index (χ1v) is 10.8. The first-order chi connectivity index (χ1) is 13.1. The lowest BCUT2D eigenvalue weighted by Gasteiger charge is -2.07. The van der Waals surface area contributed by atoms with Gasteiger partial charge in [0.2, 0.25) is 0 Å². The largest absolute Gasteiger partial charge is 0.494 e. The Hall–Kier alpha value is -1.77. The summed E-state index contributed by atoms with van der Waals surface area (Å²) in [6, 6.07) is 7.64. The van der Waals surface area contributed by atoms with Crippen LogP contribution in [0.3, 0.4) is 0 Å². The summed E-state index contributed by atoms with van der Waals surface area (Å²) >= 11 is 0. The molecule has 0 bridgehead atoms. The minimum absolute atomic E-state index is 0.745. The van der Waals surface area contributed by atoms with E-state index in [-0.39, 0.29) is 0 Å². The van der Waals surface area contributed by atoms with Crippen molar-refractivity contribution in [2.24, 2.45) is 0 Å². The van der Waals surface area contributed by atoms with Crippen LogP contribution in [0.1, 0.15) is 96.5 Å². The molecule has 0 atom stereocenters. The van der Waals surface area contributed by atoms with E-state index in [1.54, 1.807) is 6.92 Å². The smallest absolute Gasteiger partial charge is 0.328 e. The van der Waals surface area contributed by atoms with Gasteiger partial charge in [-0.2, -0.15) is 0 Å². The van der Waals surface area contributed by atoms with Gasteiger partial charge in [-0.3, -0.25) is 0 Å². The number of rotatable bonds is 16. The predicted molar refractivity (Wildman–Crippen MR) is 114 cm³/mol. The van der Waals surface area contributed by atoms with Gasteiger partial charge in [0.1, 0.15) is 5.75 Å². The second-order valence-electron chi connectivity index (χ2n) is 7.43. The van der Waals surface area contributed by atoms with Crippen LogP contribution in [0.5, 0.6) is 5.75 Å². The molecular weight excluding hydrogens is 336 g/mol. The number of unbranched alkanes of at least 4 members (excludes halogenated alkanes) is 11. The standard InChI is InChI=1S/C24H38O3/c1-3-4-5-6-7-8-9-10-11-12-13-14-19-27-23-17-15-22(16-18-23)21(2)20-24(25)26/h15-18,20H,3-14,19H2,1-2H3,(H,25,26). The first kappa shape index (κ1) is 23.3. The van der Waals surface area contributed by atoms with Gasteiger partial charge in [-0.25, -0.2) is 4.79 Å². The zero-order chi connectivity index (χ0) is 19.7. The van der Waals surface area contributed by atoms with Crippen LogP contribution in [0, 0.1) is 0 Å². The van der Waals surface area contributed by atoms with Crippen LogP contribution in [-0.4, -0.2) is 17.7 Å². The molecule has 0 aliphatic carbocycles. The molecule has 0 fully saturated rings. The number of hydrogen-bond donors (Lipinski definition) is 1. The molecule has 3 nitrogen and oxygen atoms in total. The van der Waals surface area contributed by atoms with Crippen LogP contribution in [0.25, 0.3) is 5.57 Å². The maximum absolute atomic E-state index is 10.7. The summed E-state index contributed by atoms with van der Waals surface area (Å²) < 4.78 is 5.78.